The molecule has 1 N–H and O–H groups in total. The van der Waals surface area contributed by atoms with E-state index in [0.717, 1.165) is 49.4 Å². The van der Waals surface area contributed by atoms with E-state index in [-0.39, 0.29) is 17.9 Å². The molecule has 1 aromatic carbocycles. The van der Waals surface area contributed by atoms with Gasteiger partial charge in [-0.15, -0.1) is 0 Å². The molecule has 1 atom stereocenters. The van der Waals surface area contributed by atoms with E-state index in [4.69, 9.17) is 0 Å². The number of hydrogen-bond donors (Lipinski definition) is 1. The largest absolute Gasteiger partial charge is 0.353 e. The highest BCUT2D eigenvalue weighted by Gasteiger charge is 2.26. The van der Waals surface area contributed by atoms with E-state index >= 15 is 0 Å². The molecular formula is C21H28N4O. The van der Waals surface area contributed by atoms with Gasteiger partial charge in [-0.2, -0.15) is 0 Å². The first-order valence-corrected chi connectivity index (χ1v) is 9.51. The van der Waals surface area contributed by atoms with Gasteiger partial charge in [0.05, 0.1) is 0 Å². The molecule has 1 unspecified atom stereocenters. The highest BCUT2D eigenvalue weighted by Crippen LogP contribution is 2.23. The van der Waals surface area contributed by atoms with Gasteiger partial charge >= 0.3 is 0 Å². The molecule has 1 fully saturated rings. The zero-order chi connectivity index (χ0) is 18.5. The standard InChI is InChI=1S/C21H28N4O/c1-4-16(3)24-20(26)17-8-10-25(11-9-17)21-22-13-19(14-23-21)18-7-5-6-15(2)12-18/h5-7,12-14,16-17H,4,8-11H2,1-3H3,(H,24,26). The van der Waals surface area contributed by atoms with Crippen molar-refractivity contribution in [1.82, 2.24) is 15.3 Å². The van der Waals surface area contributed by atoms with Gasteiger partial charge in [-0.25, -0.2) is 9.97 Å². The molecule has 138 valence electrons. The van der Waals surface area contributed by atoms with Crippen molar-refractivity contribution in [3.8, 4) is 11.1 Å². The number of carbonyl (C=O) groups excluding carboxylic acids is 1. The third-order valence-electron chi connectivity index (χ3n) is 5.14. The number of nitrogens with zero attached hydrogens (tertiary/aromatic N) is 3. The second kappa shape index (κ2) is 8.30. The van der Waals surface area contributed by atoms with E-state index < -0.39 is 0 Å². The Morgan fingerprint density at radius 3 is 2.54 bits per heavy atom. The number of amides is 1. The maximum atomic E-state index is 12.3. The lowest BCUT2D eigenvalue weighted by Crippen LogP contribution is -2.43. The molecule has 1 aliphatic heterocycles. The maximum Gasteiger partial charge on any atom is 0.225 e. The summed E-state index contributed by atoms with van der Waals surface area (Å²) in [4.78, 5) is 23.6. The molecule has 1 aliphatic rings. The fourth-order valence-electron chi connectivity index (χ4n) is 3.26. The number of rotatable bonds is 5. The average molecular weight is 352 g/mol. The van der Waals surface area contributed by atoms with Crippen molar-refractivity contribution >= 4 is 11.9 Å². The van der Waals surface area contributed by atoms with E-state index in [1.165, 1.54) is 5.56 Å². The molecule has 1 amide bonds. The van der Waals surface area contributed by atoms with Gasteiger partial charge in [-0.3, -0.25) is 4.79 Å². The van der Waals surface area contributed by atoms with Crippen molar-refractivity contribution in [2.45, 2.75) is 46.1 Å². The summed E-state index contributed by atoms with van der Waals surface area (Å²) in [5.41, 5.74) is 3.39. The zero-order valence-electron chi connectivity index (χ0n) is 15.9. The van der Waals surface area contributed by atoms with Crippen LogP contribution in [0.3, 0.4) is 0 Å². The third kappa shape index (κ3) is 4.40. The maximum absolute atomic E-state index is 12.3. The number of nitrogens with one attached hydrogen (secondary N) is 1. The van der Waals surface area contributed by atoms with Crippen LogP contribution in [-0.2, 0) is 4.79 Å². The Hall–Kier alpha value is -2.43. The normalized spacial score (nSPS) is 16.3. The zero-order valence-corrected chi connectivity index (χ0v) is 15.9. The number of piperidine rings is 1. The van der Waals surface area contributed by atoms with E-state index in [1.807, 2.05) is 18.5 Å². The molecule has 1 saturated heterocycles. The minimum atomic E-state index is 0.104. The van der Waals surface area contributed by atoms with Gasteiger partial charge in [0.25, 0.3) is 0 Å². The van der Waals surface area contributed by atoms with Gasteiger partial charge in [0.15, 0.2) is 0 Å². The Labute approximate surface area is 155 Å². The summed E-state index contributed by atoms with van der Waals surface area (Å²) in [6.07, 6.45) is 6.44. The molecule has 0 radical (unpaired) electrons. The minimum Gasteiger partial charge on any atom is -0.353 e. The second-order valence-corrected chi connectivity index (χ2v) is 7.22. The van der Waals surface area contributed by atoms with E-state index in [9.17, 15) is 4.79 Å². The molecule has 5 heteroatoms. The number of hydrogen-bond acceptors (Lipinski definition) is 4. The molecule has 2 aromatic rings. The van der Waals surface area contributed by atoms with Gasteiger partial charge in [0.1, 0.15) is 0 Å². The van der Waals surface area contributed by atoms with E-state index in [0.29, 0.717) is 0 Å². The summed E-state index contributed by atoms with van der Waals surface area (Å²) < 4.78 is 0. The highest BCUT2D eigenvalue weighted by molar-refractivity contribution is 5.79. The highest BCUT2D eigenvalue weighted by atomic mass is 16.1. The summed E-state index contributed by atoms with van der Waals surface area (Å²) in [5.74, 6) is 1.05. The lowest BCUT2D eigenvalue weighted by Gasteiger charge is -2.31. The summed E-state index contributed by atoms with van der Waals surface area (Å²) in [6.45, 7) is 7.87. The number of anilines is 1. The van der Waals surface area contributed by atoms with Crippen LogP contribution in [0.2, 0.25) is 0 Å². The molecule has 0 spiro atoms. The molecular weight excluding hydrogens is 324 g/mol. The Balaban J connectivity index is 1.59. The predicted molar refractivity (Wildman–Crippen MR) is 105 cm³/mol. The first-order chi connectivity index (χ1) is 12.6. The van der Waals surface area contributed by atoms with Crippen LogP contribution in [0.5, 0.6) is 0 Å². The Bertz CT molecular complexity index is 736. The van der Waals surface area contributed by atoms with Gasteiger partial charge in [0, 0.05) is 43.0 Å². The van der Waals surface area contributed by atoms with Crippen LogP contribution in [0.1, 0.15) is 38.7 Å². The molecule has 0 bridgehead atoms. The summed E-state index contributed by atoms with van der Waals surface area (Å²) in [7, 11) is 0. The van der Waals surface area contributed by atoms with Crippen molar-refractivity contribution in [3.05, 3.63) is 42.2 Å². The SMILES string of the molecule is CCC(C)NC(=O)C1CCN(c2ncc(-c3cccc(C)c3)cn2)CC1. The number of benzene rings is 1. The number of aryl methyl sites for hydroxylation is 1. The lowest BCUT2D eigenvalue weighted by atomic mass is 9.95. The van der Waals surface area contributed by atoms with Gasteiger partial charge in [-0.05, 0) is 38.7 Å². The van der Waals surface area contributed by atoms with Crippen LogP contribution in [-0.4, -0.2) is 35.0 Å². The number of carbonyl (C=O) groups is 1. The Kier molecular flexibility index (Phi) is 5.86. The molecule has 26 heavy (non-hydrogen) atoms. The monoisotopic (exact) mass is 352 g/mol. The van der Waals surface area contributed by atoms with Crippen molar-refractivity contribution < 1.29 is 4.79 Å². The smallest absolute Gasteiger partial charge is 0.225 e. The predicted octanol–water partition coefficient (Wildman–Crippen LogP) is 3.58. The Morgan fingerprint density at radius 1 is 1.23 bits per heavy atom. The summed E-state index contributed by atoms with van der Waals surface area (Å²) in [6, 6.07) is 8.60. The second-order valence-electron chi connectivity index (χ2n) is 7.22. The van der Waals surface area contributed by atoms with Crippen molar-refractivity contribution in [3.63, 3.8) is 0 Å². The van der Waals surface area contributed by atoms with Crippen molar-refractivity contribution in [2.24, 2.45) is 5.92 Å². The third-order valence-corrected chi connectivity index (χ3v) is 5.14. The fourth-order valence-corrected chi connectivity index (χ4v) is 3.26. The quantitative estimate of drug-likeness (QED) is 0.893. The van der Waals surface area contributed by atoms with E-state index in [1.54, 1.807) is 0 Å². The minimum absolute atomic E-state index is 0.104. The van der Waals surface area contributed by atoms with Crippen LogP contribution < -0.4 is 10.2 Å². The van der Waals surface area contributed by atoms with Gasteiger partial charge in [0.2, 0.25) is 11.9 Å². The van der Waals surface area contributed by atoms with Crippen molar-refractivity contribution in [1.29, 1.82) is 0 Å². The fraction of sp³-hybridized carbons (Fsp3) is 0.476. The first-order valence-electron chi connectivity index (χ1n) is 9.51. The molecule has 0 saturated carbocycles. The topological polar surface area (TPSA) is 58.1 Å². The van der Waals surface area contributed by atoms with Crippen LogP contribution in [0.25, 0.3) is 11.1 Å². The summed E-state index contributed by atoms with van der Waals surface area (Å²) in [5, 5.41) is 3.10. The van der Waals surface area contributed by atoms with Crippen LogP contribution in [0.4, 0.5) is 5.95 Å². The number of aromatic nitrogens is 2. The molecule has 3 rings (SSSR count). The van der Waals surface area contributed by atoms with Gasteiger partial charge < -0.3 is 10.2 Å². The summed E-state index contributed by atoms with van der Waals surface area (Å²) >= 11 is 0. The van der Waals surface area contributed by atoms with Gasteiger partial charge in [-0.1, -0.05) is 36.8 Å². The molecule has 2 heterocycles. The molecule has 0 aliphatic carbocycles. The van der Waals surface area contributed by atoms with Crippen LogP contribution in [0.15, 0.2) is 36.7 Å². The molecule has 5 nitrogen and oxygen atoms in total. The average Bonchev–Trinajstić information content (AvgIpc) is 2.68. The van der Waals surface area contributed by atoms with Crippen LogP contribution >= 0.6 is 0 Å². The molecule has 1 aromatic heterocycles. The van der Waals surface area contributed by atoms with E-state index in [2.05, 4.69) is 59.2 Å². The van der Waals surface area contributed by atoms with Crippen LogP contribution in [0, 0.1) is 12.8 Å². The van der Waals surface area contributed by atoms with Crippen molar-refractivity contribution in [2.75, 3.05) is 18.0 Å². The lowest BCUT2D eigenvalue weighted by molar-refractivity contribution is -0.126. The Morgan fingerprint density at radius 2 is 1.92 bits per heavy atom. The first kappa shape index (κ1) is 18.4.